The standard InChI is InChI=1S/C15H20N4O2/c1-11-9-14(17-21-11)16-15(20)10-19-8-4-6-13(19)12-5-3-7-18(12)2/h3,5,7,9,13H,4,6,8,10H2,1-2H3,(H,16,17,20)/p+1/t13-/m0/s1. The zero-order valence-corrected chi connectivity index (χ0v) is 12.4. The average Bonchev–Trinajstić information content (AvgIpc) is 3.12. The van der Waals surface area contributed by atoms with Crippen LogP contribution in [0.5, 0.6) is 0 Å². The number of hydrogen-bond acceptors (Lipinski definition) is 3. The molecule has 3 rings (SSSR count). The van der Waals surface area contributed by atoms with Crippen molar-refractivity contribution >= 4 is 11.7 Å². The number of amides is 1. The van der Waals surface area contributed by atoms with Gasteiger partial charge in [-0.3, -0.25) is 4.79 Å². The highest BCUT2D eigenvalue weighted by atomic mass is 16.5. The molecular formula is C15H21N4O2+. The molecule has 0 aliphatic carbocycles. The summed E-state index contributed by atoms with van der Waals surface area (Å²) in [5, 5.41) is 6.59. The zero-order valence-electron chi connectivity index (χ0n) is 12.4. The van der Waals surface area contributed by atoms with Crippen molar-refractivity contribution in [3.8, 4) is 0 Å². The number of quaternary nitrogens is 1. The van der Waals surface area contributed by atoms with E-state index in [4.69, 9.17) is 4.52 Å². The number of rotatable bonds is 4. The van der Waals surface area contributed by atoms with Gasteiger partial charge in [-0.1, -0.05) is 5.16 Å². The van der Waals surface area contributed by atoms with Crippen molar-refractivity contribution in [3.63, 3.8) is 0 Å². The van der Waals surface area contributed by atoms with Gasteiger partial charge >= 0.3 is 0 Å². The van der Waals surface area contributed by atoms with Crippen molar-refractivity contribution in [2.24, 2.45) is 7.05 Å². The highest BCUT2D eigenvalue weighted by Gasteiger charge is 2.33. The van der Waals surface area contributed by atoms with Gasteiger partial charge in [0.15, 0.2) is 12.4 Å². The first-order valence-corrected chi connectivity index (χ1v) is 7.32. The first-order valence-electron chi connectivity index (χ1n) is 7.32. The summed E-state index contributed by atoms with van der Waals surface area (Å²) in [6.45, 7) is 3.29. The summed E-state index contributed by atoms with van der Waals surface area (Å²) in [4.78, 5) is 13.5. The van der Waals surface area contributed by atoms with E-state index < -0.39 is 0 Å². The number of carbonyl (C=O) groups is 1. The van der Waals surface area contributed by atoms with Gasteiger partial charge in [0, 0.05) is 32.2 Å². The Kier molecular flexibility index (Phi) is 3.79. The van der Waals surface area contributed by atoms with E-state index in [2.05, 4.69) is 40.4 Å². The van der Waals surface area contributed by atoms with Crippen LogP contribution in [-0.4, -0.2) is 28.7 Å². The maximum absolute atomic E-state index is 12.2. The number of aryl methyl sites for hydroxylation is 2. The summed E-state index contributed by atoms with van der Waals surface area (Å²) in [5.41, 5.74) is 1.30. The van der Waals surface area contributed by atoms with Crippen LogP contribution in [0.15, 0.2) is 28.9 Å². The third kappa shape index (κ3) is 3.00. The second-order valence-electron chi connectivity index (χ2n) is 5.69. The van der Waals surface area contributed by atoms with E-state index in [9.17, 15) is 4.79 Å². The van der Waals surface area contributed by atoms with Crippen molar-refractivity contribution in [1.29, 1.82) is 0 Å². The van der Waals surface area contributed by atoms with Crippen LogP contribution < -0.4 is 10.2 Å². The van der Waals surface area contributed by atoms with Crippen LogP contribution in [0.1, 0.15) is 30.3 Å². The number of nitrogens with one attached hydrogen (secondary N) is 2. The zero-order chi connectivity index (χ0) is 14.8. The molecular weight excluding hydrogens is 268 g/mol. The lowest BCUT2D eigenvalue weighted by molar-refractivity contribution is -0.910. The largest absolute Gasteiger partial charge is 0.360 e. The molecule has 0 bridgehead atoms. The Labute approximate surface area is 123 Å². The minimum Gasteiger partial charge on any atom is -0.360 e. The topological polar surface area (TPSA) is 64.5 Å². The summed E-state index contributed by atoms with van der Waals surface area (Å²) < 4.78 is 7.10. The van der Waals surface area contributed by atoms with Gasteiger partial charge in [0.2, 0.25) is 0 Å². The molecule has 21 heavy (non-hydrogen) atoms. The average molecular weight is 289 g/mol. The van der Waals surface area contributed by atoms with Crippen molar-refractivity contribution in [3.05, 3.63) is 35.9 Å². The molecule has 2 N–H and O–H groups in total. The van der Waals surface area contributed by atoms with Crippen molar-refractivity contribution in [1.82, 2.24) is 9.72 Å². The Morgan fingerprint density at radius 2 is 2.48 bits per heavy atom. The Morgan fingerprint density at radius 1 is 1.62 bits per heavy atom. The maximum atomic E-state index is 12.2. The van der Waals surface area contributed by atoms with Gasteiger partial charge in [-0.15, -0.1) is 0 Å². The molecule has 2 atom stereocenters. The lowest BCUT2D eigenvalue weighted by Gasteiger charge is -2.21. The third-order valence-electron chi connectivity index (χ3n) is 4.11. The number of carbonyl (C=O) groups excluding carboxylic acids is 1. The van der Waals surface area contributed by atoms with E-state index in [-0.39, 0.29) is 5.91 Å². The summed E-state index contributed by atoms with van der Waals surface area (Å²) >= 11 is 0. The van der Waals surface area contributed by atoms with Gasteiger partial charge < -0.3 is 19.3 Å². The minimum absolute atomic E-state index is 0.0144. The van der Waals surface area contributed by atoms with Gasteiger partial charge in [0.05, 0.1) is 12.2 Å². The number of likely N-dealkylation sites (tertiary alicyclic amines) is 1. The van der Waals surface area contributed by atoms with Crippen molar-refractivity contribution < 1.29 is 14.2 Å². The van der Waals surface area contributed by atoms with E-state index in [0.29, 0.717) is 24.2 Å². The van der Waals surface area contributed by atoms with Crippen LogP contribution in [-0.2, 0) is 11.8 Å². The quantitative estimate of drug-likeness (QED) is 0.870. The van der Waals surface area contributed by atoms with Crippen LogP contribution in [0.25, 0.3) is 0 Å². The molecule has 1 fully saturated rings. The summed E-state index contributed by atoms with van der Waals surface area (Å²) in [6.07, 6.45) is 4.34. The Morgan fingerprint density at radius 3 is 3.14 bits per heavy atom. The summed E-state index contributed by atoms with van der Waals surface area (Å²) in [5.74, 6) is 1.17. The van der Waals surface area contributed by atoms with Gasteiger partial charge in [-0.2, -0.15) is 0 Å². The van der Waals surface area contributed by atoms with Gasteiger partial charge in [-0.05, 0) is 19.1 Å². The van der Waals surface area contributed by atoms with Gasteiger partial charge in [0.1, 0.15) is 11.8 Å². The fourth-order valence-electron chi connectivity index (χ4n) is 3.14. The van der Waals surface area contributed by atoms with E-state index >= 15 is 0 Å². The fraction of sp³-hybridized carbons (Fsp3) is 0.467. The number of nitrogens with zero attached hydrogens (tertiary/aromatic N) is 2. The van der Waals surface area contributed by atoms with Crippen LogP contribution in [0.4, 0.5) is 5.82 Å². The fourth-order valence-corrected chi connectivity index (χ4v) is 3.14. The molecule has 1 saturated heterocycles. The first-order chi connectivity index (χ1) is 10.1. The molecule has 0 spiro atoms. The molecule has 1 aliphatic rings. The molecule has 0 saturated carbocycles. The maximum Gasteiger partial charge on any atom is 0.280 e. The molecule has 1 amide bonds. The molecule has 1 unspecified atom stereocenters. The predicted octanol–water partition coefficient (Wildman–Crippen LogP) is 0.680. The molecule has 2 aromatic heterocycles. The number of aromatic nitrogens is 2. The van der Waals surface area contributed by atoms with Crippen molar-refractivity contribution in [2.75, 3.05) is 18.4 Å². The van der Waals surface area contributed by atoms with Crippen molar-refractivity contribution in [2.45, 2.75) is 25.8 Å². The second-order valence-corrected chi connectivity index (χ2v) is 5.69. The molecule has 0 radical (unpaired) electrons. The lowest BCUT2D eigenvalue weighted by Crippen LogP contribution is -3.11. The van der Waals surface area contributed by atoms with Gasteiger partial charge in [-0.25, -0.2) is 0 Å². The summed E-state index contributed by atoms with van der Waals surface area (Å²) in [7, 11) is 2.06. The highest BCUT2D eigenvalue weighted by Crippen LogP contribution is 2.18. The number of anilines is 1. The third-order valence-corrected chi connectivity index (χ3v) is 4.11. The highest BCUT2D eigenvalue weighted by molar-refractivity contribution is 5.90. The molecule has 3 heterocycles. The predicted molar refractivity (Wildman–Crippen MR) is 78.0 cm³/mol. The van der Waals surface area contributed by atoms with Crippen LogP contribution >= 0.6 is 0 Å². The minimum atomic E-state index is -0.0144. The van der Waals surface area contributed by atoms with E-state index in [1.165, 1.54) is 10.6 Å². The first kappa shape index (κ1) is 13.9. The second kappa shape index (κ2) is 5.73. The molecule has 112 valence electrons. The lowest BCUT2D eigenvalue weighted by atomic mass is 10.1. The molecule has 1 aliphatic heterocycles. The smallest absolute Gasteiger partial charge is 0.280 e. The van der Waals surface area contributed by atoms with Crippen LogP contribution in [0.2, 0.25) is 0 Å². The molecule has 6 nitrogen and oxygen atoms in total. The Balaban J connectivity index is 1.63. The molecule has 6 heteroatoms. The normalized spacial score (nSPS) is 21.6. The Hall–Kier alpha value is -2.08. The SMILES string of the molecule is Cc1cc(NC(=O)C[NH+]2CCC[C@H]2c2cccn2C)no1. The summed E-state index contributed by atoms with van der Waals surface area (Å²) in [6, 6.07) is 6.33. The van der Waals surface area contributed by atoms with Crippen LogP contribution in [0.3, 0.4) is 0 Å². The Bertz CT molecular complexity index is 631. The van der Waals surface area contributed by atoms with E-state index in [0.717, 1.165) is 19.4 Å². The molecule has 2 aromatic rings. The van der Waals surface area contributed by atoms with E-state index in [1.807, 2.05) is 0 Å². The van der Waals surface area contributed by atoms with Gasteiger partial charge in [0.25, 0.3) is 5.91 Å². The molecule has 0 aromatic carbocycles. The van der Waals surface area contributed by atoms with E-state index in [1.54, 1.807) is 13.0 Å². The van der Waals surface area contributed by atoms with Crippen LogP contribution in [0, 0.1) is 6.92 Å². The number of hydrogen-bond donors (Lipinski definition) is 2. The monoisotopic (exact) mass is 289 g/mol.